The molecule has 0 atom stereocenters. The summed E-state index contributed by atoms with van der Waals surface area (Å²) in [6.07, 6.45) is 6.16. The Labute approximate surface area is 147 Å². The van der Waals surface area contributed by atoms with Gasteiger partial charge in [0.2, 0.25) is 0 Å². The van der Waals surface area contributed by atoms with E-state index in [-0.39, 0.29) is 5.60 Å². The fourth-order valence-corrected chi connectivity index (χ4v) is 3.79. The molecule has 0 amide bonds. The zero-order valence-corrected chi connectivity index (χ0v) is 14.5. The minimum atomic E-state index is -0.256. The molecule has 0 aromatic heterocycles. The third-order valence-corrected chi connectivity index (χ3v) is 5.26. The third-order valence-electron chi connectivity index (χ3n) is 4.98. The summed E-state index contributed by atoms with van der Waals surface area (Å²) in [6, 6.07) is 12.4. The van der Waals surface area contributed by atoms with Crippen LogP contribution in [-0.2, 0) is 0 Å². The molecule has 2 aliphatic heterocycles. The van der Waals surface area contributed by atoms with Crippen molar-refractivity contribution >= 4 is 29.1 Å². The normalized spacial score (nSPS) is 18.3. The number of benzene rings is 2. The number of hydrogen-bond acceptors (Lipinski definition) is 3. The SMILES string of the molecule is Cc1ccc(N2CCC3(C=Cc4cc(N)cc(Cl)c4O3)CC2)cc1. The lowest BCUT2D eigenvalue weighted by Gasteiger charge is -2.43. The Bertz CT molecular complexity index is 790. The van der Waals surface area contributed by atoms with Crippen LogP contribution in [0, 0.1) is 6.92 Å². The number of piperidine rings is 1. The molecule has 1 saturated heterocycles. The Kier molecular flexibility index (Phi) is 3.69. The van der Waals surface area contributed by atoms with Crippen molar-refractivity contribution in [3.8, 4) is 5.75 Å². The number of nitrogens with zero attached hydrogens (tertiary/aromatic N) is 1. The Balaban J connectivity index is 1.52. The summed E-state index contributed by atoms with van der Waals surface area (Å²) in [7, 11) is 0. The smallest absolute Gasteiger partial charge is 0.146 e. The predicted molar refractivity (Wildman–Crippen MR) is 101 cm³/mol. The molecule has 2 aromatic carbocycles. The largest absolute Gasteiger partial charge is 0.481 e. The Morgan fingerprint density at radius 1 is 1.12 bits per heavy atom. The number of aryl methyl sites for hydroxylation is 1. The maximum absolute atomic E-state index is 6.35. The number of halogens is 1. The zero-order chi connectivity index (χ0) is 16.7. The Hall–Kier alpha value is -2.13. The van der Waals surface area contributed by atoms with Gasteiger partial charge in [-0.2, -0.15) is 0 Å². The topological polar surface area (TPSA) is 38.5 Å². The molecule has 3 nitrogen and oxygen atoms in total. The van der Waals surface area contributed by atoms with Gasteiger partial charge in [-0.15, -0.1) is 0 Å². The molecule has 0 bridgehead atoms. The van der Waals surface area contributed by atoms with Gasteiger partial charge in [-0.05, 0) is 37.3 Å². The number of hydrogen-bond donors (Lipinski definition) is 1. The first-order valence-corrected chi connectivity index (χ1v) is 8.71. The van der Waals surface area contributed by atoms with E-state index in [0.29, 0.717) is 10.7 Å². The van der Waals surface area contributed by atoms with Crippen LogP contribution in [0.1, 0.15) is 24.0 Å². The van der Waals surface area contributed by atoms with Gasteiger partial charge in [0.05, 0.1) is 5.02 Å². The van der Waals surface area contributed by atoms with E-state index in [9.17, 15) is 0 Å². The maximum Gasteiger partial charge on any atom is 0.146 e. The van der Waals surface area contributed by atoms with E-state index in [4.69, 9.17) is 22.1 Å². The lowest BCUT2D eigenvalue weighted by molar-refractivity contribution is 0.0894. The van der Waals surface area contributed by atoms with Gasteiger partial charge in [-0.3, -0.25) is 0 Å². The van der Waals surface area contributed by atoms with Crippen LogP contribution in [0.5, 0.6) is 5.75 Å². The van der Waals surface area contributed by atoms with Crippen molar-refractivity contribution in [1.29, 1.82) is 0 Å². The average Bonchev–Trinajstić information content (AvgIpc) is 2.57. The summed E-state index contributed by atoms with van der Waals surface area (Å²) >= 11 is 6.34. The number of fused-ring (bicyclic) bond motifs is 1. The second kappa shape index (κ2) is 5.75. The number of nitrogens with two attached hydrogens (primary N) is 1. The van der Waals surface area contributed by atoms with Crippen LogP contribution >= 0.6 is 11.6 Å². The lowest BCUT2D eigenvalue weighted by Crippen LogP contribution is -2.47. The first-order chi connectivity index (χ1) is 11.5. The standard InChI is InChI=1S/C20H21ClN2O/c1-14-2-4-17(5-3-14)23-10-8-20(9-11-23)7-6-15-12-16(22)13-18(21)19(15)24-20/h2-7,12-13H,8-11,22H2,1H3. The molecule has 0 radical (unpaired) electrons. The highest BCUT2D eigenvalue weighted by Crippen LogP contribution is 2.42. The summed E-state index contributed by atoms with van der Waals surface area (Å²) in [6.45, 7) is 4.05. The van der Waals surface area contributed by atoms with E-state index in [1.54, 1.807) is 6.07 Å². The molecule has 124 valence electrons. The van der Waals surface area contributed by atoms with Crippen LogP contribution in [0.2, 0.25) is 5.02 Å². The van der Waals surface area contributed by atoms with Gasteiger partial charge in [-0.1, -0.05) is 35.4 Å². The molecule has 0 saturated carbocycles. The fraction of sp³-hybridized carbons (Fsp3) is 0.300. The minimum absolute atomic E-state index is 0.256. The van der Waals surface area contributed by atoms with Crippen LogP contribution in [0.25, 0.3) is 6.08 Å². The van der Waals surface area contributed by atoms with Crippen molar-refractivity contribution in [2.75, 3.05) is 23.7 Å². The van der Waals surface area contributed by atoms with E-state index in [1.165, 1.54) is 11.3 Å². The summed E-state index contributed by atoms with van der Waals surface area (Å²) < 4.78 is 6.35. The van der Waals surface area contributed by atoms with Crippen LogP contribution in [0.4, 0.5) is 11.4 Å². The van der Waals surface area contributed by atoms with Gasteiger partial charge in [0.15, 0.2) is 0 Å². The van der Waals surface area contributed by atoms with Crippen molar-refractivity contribution in [3.05, 3.63) is 58.6 Å². The molecule has 0 aliphatic carbocycles. The van der Waals surface area contributed by atoms with Crippen molar-refractivity contribution < 1.29 is 4.74 Å². The van der Waals surface area contributed by atoms with Gasteiger partial charge in [0.25, 0.3) is 0 Å². The number of rotatable bonds is 1. The van der Waals surface area contributed by atoms with Crippen molar-refractivity contribution in [2.45, 2.75) is 25.4 Å². The molecule has 2 N–H and O–H groups in total. The van der Waals surface area contributed by atoms with E-state index in [2.05, 4.69) is 48.2 Å². The van der Waals surface area contributed by atoms with E-state index >= 15 is 0 Å². The molecule has 1 fully saturated rings. The molecular formula is C20H21ClN2O. The molecule has 1 spiro atoms. The monoisotopic (exact) mass is 340 g/mol. The molecule has 24 heavy (non-hydrogen) atoms. The van der Waals surface area contributed by atoms with Crippen LogP contribution < -0.4 is 15.4 Å². The first kappa shape index (κ1) is 15.4. The van der Waals surface area contributed by atoms with E-state index in [0.717, 1.165) is 37.2 Å². The molecule has 2 aromatic rings. The van der Waals surface area contributed by atoms with Crippen LogP contribution in [0.3, 0.4) is 0 Å². The highest BCUT2D eigenvalue weighted by atomic mass is 35.5. The zero-order valence-electron chi connectivity index (χ0n) is 13.8. The number of anilines is 2. The maximum atomic E-state index is 6.35. The van der Waals surface area contributed by atoms with Crippen LogP contribution in [0.15, 0.2) is 42.5 Å². The number of ether oxygens (including phenoxy) is 1. The highest BCUT2D eigenvalue weighted by molar-refractivity contribution is 6.32. The second-order valence-corrected chi connectivity index (χ2v) is 7.15. The predicted octanol–water partition coefficient (Wildman–Crippen LogP) is 4.68. The van der Waals surface area contributed by atoms with Gasteiger partial charge in [-0.25, -0.2) is 0 Å². The third kappa shape index (κ3) is 2.73. The summed E-state index contributed by atoms with van der Waals surface area (Å²) in [5.74, 6) is 0.761. The fourth-order valence-electron chi connectivity index (χ4n) is 3.51. The van der Waals surface area contributed by atoms with Crippen molar-refractivity contribution in [1.82, 2.24) is 0 Å². The lowest BCUT2D eigenvalue weighted by atomic mass is 9.87. The summed E-state index contributed by atoms with van der Waals surface area (Å²) in [5, 5.41) is 0.592. The molecule has 2 aliphatic rings. The highest BCUT2D eigenvalue weighted by Gasteiger charge is 2.37. The average molecular weight is 341 g/mol. The molecular weight excluding hydrogens is 320 g/mol. The minimum Gasteiger partial charge on any atom is -0.481 e. The summed E-state index contributed by atoms with van der Waals surface area (Å²) in [5.41, 5.74) is 9.81. The Morgan fingerprint density at radius 2 is 1.83 bits per heavy atom. The molecule has 4 rings (SSSR count). The Morgan fingerprint density at radius 3 is 2.54 bits per heavy atom. The van der Waals surface area contributed by atoms with Crippen molar-refractivity contribution in [3.63, 3.8) is 0 Å². The van der Waals surface area contributed by atoms with E-state index in [1.807, 2.05) is 6.07 Å². The van der Waals surface area contributed by atoms with Gasteiger partial charge in [0.1, 0.15) is 11.4 Å². The number of nitrogen functional groups attached to an aromatic ring is 1. The molecule has 2 heterocycles. The van der Waals surface area contributed by atoms with E-state index < -0.39 is 0 Å². The van der Waals surface area contributed by atoms with Gasteiger partial charge < -0.3 is 15.4 Å². The second-order valence-electron chi connectivity index (χ2n) is 6.74. The van der Waals surface area contributed by atoms with Crippen LogP contribution in [-0.4, -0.2) is 18.7 Å². The van der Waals surface area contributed by atoms with Gasteiger partial charge in [0, 0.05) is 42.9 Å². The van der Waals surface area contributed by atoms with Gasteiger partial charge >= 0.3 is 0 Å². The summed E-state index contributed by atoms with van der Waals surface area (Å²) in [4.78, 5) is 2.42. The molecule has 0 unspecified atom stereocenters. The first-order valence-electron chi connectivity index (χ1n) is 8.34. The quantitative estimate of drug-likeness (QED) is 0.766. The van der Waals surface area contributed by atoms with Crippen molar-refractivity contribution in [2.24, 2.45) is 0 Å². The molecule has 4 heteroatoms.